The van der Waals surface area contributed by atoms with Crippen molar-refractivity contribution < 1.29 is 15.0 Å². The van der Waals surface area contributed by atoms with E-state index < -0.39 is 5.97 Å². The summed E-state index contributed by atoms with van der Waals surface area (Å²) in [5, 5.41) is 15.3. The van der Waals surface area contributed by atoms with Gasteiger partial charge in [-0.05, 0) is 26.1 Å². The lowest BCUT2D eigenvalue weighted by Crippen LogP contribution is -2.21. The molecular weight excluding hydrogens is 194 g/mol. The Morgan fingerprint density at radius 3 is 1.27 bits per heavy atom. The average molecular weight is 221 g/mol. The van der Waals surface area contributed by atoms with E-state index in [4.69, 9.17) is 15.0 Å². The number of hydrogen-bond acceptors (Lipinski definition) is 3. The maximum atomic E-state index is 9.00. The van der Waals surface area contributed by atoms with Gasteiger partial charge in [-0.15, -0.1) is 0 Å². The summed E-state index contributed by atoms with van der Waals surface area (Å²) in [5.74, 6) is -0.833. The number of aliphatic hydroxyl groups excluding tert-OH is 1. The van der Waals surface area contributed by atoms with Crippen molar-refractivity contribution in [2.75, 3.05) is 26.2 Å². The topological polar surface area (TPSA) is 60.8 Å². The van der Waals surface area contributed by atoms with Gasteiger partial charge in [-0.1, -0.05) is 27.7 Å². The van der Waals surface area contributed by atoms with Crippen molar-refractivity contribution in [3.8, 4) is 0 Å². The first-order valence-corrected chi connectivity index (χ1v) is 5.52. The van der Waals surface area contributed by atoms with E-state index in [-0.39, 0.29) is 0 Å². The van der Waals surface area contributed by atoms with Crippen LogP contribution in [0.4, 0.5) is 0 Å². The first kappa shape index (κ1) is 19.9. The number of aliphatic hydroxyl groups is 1. The first-order valence-electron chi connectivity index (χ1n) is 5.52. The van der Waals surface area contributed by atoms with E-state index >= 15 is 0 Å². The highest BCUT2D eigenvalue weighted by molar-refractivity contribution is 5.62. The zero-order valence-corrected chi connectivity index (χ0v) is 10.8. The lowest BCUT2D eigenvalue weighted by Gasteiger charge is -2.13. The standard InChI is InChI=1S/C6H15N.C3H8O.C2H4O2/c1-4-7(5-2)6-3;1-2-3-4;1-2(3)4/h4-6H2,1-3H3;4H,2-3H2,1H3;1H3,(H,3,4). The van der Waals surface area contributed by atoms with Crippen LogP contribution < -0.4 is 0 Å². The van der Waals surface area contributed by atoms with Crippen LogP contribution in [-0.2, 0) is 4.79 Å². The van der Waals surface area contributed by atoms with Crippen molar-refractivity contribution in [1.82, 2.24) is 4.90 Å². The molecule has 0 atom stereocenters. The molecule has 0 saturated heterocycles. The van der Waals surface area contributed by atoms with Crippen LogP contribution in [0.2, 0.25) is 0 Å². The third-order valence-electron chi connectivity index (χ3n) is 1.57. The van der Waals surface area contributed by atoms with E-state index in [9.17, 15) is 0 Å². The highest BCUT2D eigenvalue weighted by Gasteiger charge is 1.89. The van der Waals surface area contributed by atoms with Gasteiger partial charge in [-0.25, -0.2) is 0 Å². The predicted octanol–water partition coefficient (Wildman–Crippen LogP) is 1.83. The first-order chi connectivity index (χ1) is 6.99. The fraction of sp³-hybridized carbons (Fsp3) is 0.909. The van der Waals surface area contributed by atoms with Crippen molar-refractivity contribution in [2.45, 2.75) is 41.0 Å². The molecule has 0 fully saturated rings. The van der Waals surface area contributed by atoms with Crippen molar-refractivity contribution >= 4 is 5.97 Å². The molecule has 0 aromatic rings. The van der Waals surface area contributed by atoms with Crippen molar-refractivity contribution in [1.29, 1.82) is 0 Å². The van der Waals surface area contributed by atoms with Crippen LogP contribution >= 0.6 is 0 Å². The highest BCUT2D eigenvalue weighted by Crippen LogP contribution is 1.81. The van der Waals surface area contributed by atoms with Crippen LogP contribution in [0, 0.1) is 0 Å². The SMILES string of the molecule is CC(=O)O.CCCO.CCN(CC)CC. The van der Waals surface area contributed by atoms with Gasteiger partial charge < -0.3 is 15.1 Å². The Morgan fingerprint density at radius 2 is 1.27 bits per heavy atom. The minimum atomic E-state index is -0.833. The van der Waals surface area contributed by atoms with Crippen LogP contribution in [0.15, 0.2) is 0 Å². The van der Waals surface area contributed by atoms with Gasteiger partial charge in [0.1, 0.15) is 0 Å². The molecule has 15 heavy (non-hydrogen) atoms. The van der Waals surface area contributed by atoms with Crippen LogP contribution in [0.3, 0.4) is 0 Å². The largest absolute Gasteiger partial charge is 0.481 e. The van der Waals surface area contributed by atoms with Gasteiger partial charge in [-0.3, -0.25) is 4.79 Å². The normalized spacial score (nSPS) is 8.47. The summed E-state index contributed by atoms with van der Waals surface area (Å²) < 4.78 is 0. The Hall–Kier alpha value is -0.610. The van der Waals surface area contributed by atoms with Gasteiger partial charge in [0.15, 0.2) is 0 Å². The number of nitrogens with zero attached hydrogens (tertiary/aromatic N) is 1. The smallest absolute Gasteiger partial charge is 0.300 e. The molecule has 0 aliphatic carbocycles. The summed E-state index contributed by atoms with van der Waals surface area (Å²) in [6.07, 6.45) is 0.875. The molecule has 4 nitrogen and oxygen atoms in total. The quantitative estimate of drug-likeness (QED) is 0.760. The molecule has 0 saturated carbocycles. The fourth-order valence-corrected chi connectivity index (χ4v) is 0.671. The maximum Gasteiger partial charge on any atom is 0.300 e. The third-order valence-corrected chi connectivity index (χ3v) is 1.57. The summed E-state index contributed by atoms with van der Waals surface area (Å²) >= 11 is 0. The molecule has 0 bridgehead atoms. The molecule has 0 amide bonds. The molecule has 0 aliphatic heterocycles. The number of hydrogen-bond donors (Lipinski definition) is 2. The Labute approximate surface area is 93.9 Å². The van der Waals surface area contributed by atoms with Crippen LogP contribution in [0.1, 0.15) is 41.0 Å². The minimum absolute atomic E-state index is 0.319. The molecule has 0 spiro atoms. The van der Waals surface area contributed by atoms with Gasteiger partial charge >= 0.3 is 0 Å². The fourth-order valence-electron chi connectivity index (χ4n) is 0.671. The van der Waals surface area contributed by atoms with Gasteiger partial charge in [0.2, 0.25) is 0 Å². The molecule has 94 valence electrons. The van der Waals surface area contributed by atoms with Gasteiger partial charge in [0, 0.05) is 13.5 Å². The molecule has 0 aromatic carbocycles. The zero-order chi connectivity index (χ0) is 12.7. The monoisotopic (exact) mass is 221 g/mol. The van der Waals surface area contributed by atoms with Gasteiger partial charge in [0.25, 0.3) is 5.97 Å². The number of carboxylic acid groups (broad SMARTS) is 1. The van der Waals surface area contributed by atoms with E-state index in [0.717, 1.165) is 13.3 Å². The van der Waals surface area contributed by atoms with Crippen LogP contribution in [0.5, 0.6) is 0 Å². The summed E-state index contributed by atoms with van der Waals surface area (Å²) in [6, 6.07) is 0. The molecule has 0 radical (unpaired) electrons. The molecular formula is C11H27NO3. The molecule has 0 aliphatic rings. The molecule has 0 aromatic heterocycles. The molecule has 0 heterocycles. The summed E-state index contributed by atoms with van der Waals surface area (Å²) in [7, 11) is 0. The predicted molar refractivity (Wildman–Crippen MR) is 64.1 cm³/mol. The summed E-state index contributed by atoms with van der Waals surface area (Å²) in [6.45, 7) is 13.5. The average Bonchev–Trinajstić information content (AvgIpc) is 2.20. The van der Waals surface area contributed by atoms with Gasteiger partial charge in [0.05, 0.1) is 0 Å². The van der Waals surface area contributed by atoms with Crippen LogP contribution in [-0.4, -0.2) is 47.3 Å². The van der Waals surface area contributed by atoms with Crippen LogP contribution in [0.25, 0.3) is 0 Å². The molecule has 0 rings (SSSR count). The van der Waals surface area contributed by atoms with Crippen molar-refractivity contribution in [3.63, 3.8) is 0 Å². The van der Waals surface area contributed by atoms with Crippen molar-refractivity contribution in [3.05, 3.63) is 0 Å². The van der Waals surface area contributed by atoms with Crippen molar-refractivity contribution in [2.24, 2.45) is 0 Å². The van der Waals surface area contributed by atoms with E-state index in [1.165, 1.54) is 19.6 Å². The number of rotatable bonds is 4. The Balaban J connectivity index is -0.000000155. The maximum absolute atomic E-state index is 9.00. The van der Waals surface area contributed by atoms with E-state index in [0.29, 0.717) is 6.61 Å². The van der Waals surface area contributed by atoms with E-state index in [2.05, 4.69) is 25.7 Å². The molecule has 4 heteroatoms. The molecule has 2 N–H and O–H groups in total. The lowest BCUT2D eigenvalue weighted by atomic mass is 10.5. The second kappa shape index (κ2) is 19.0. The minimum Gasteiger partial charge on any atom is -0.481 e. The third kappa shape index (κ3) is 42.5. The van der Waals surface area contributed by atoms with E-state index in [1.54, 1.807) is 0 Å². The highest BCUT2D eigenvalue weighted by atomic mass is 16.4. The second-order valence-corrected chi connectivity index (χ2v) is 2.86. The number of carboxylic acids is 1. The van der Waals surface area contributed by atoms with E-state index in [1.807, 2.05) is 6.92 Å². The summed E-state index contributed by atoms with van der Waals surface area (Å²) in [4.78, 5) is 11.4. The zero-order valence-electron chi connectivity index (χ0n) is 10.8. The lowest BCUT2D eigenvalue weighted by molar-refractivity contribution is -0.134. The Kier molecular flexibility index (Phi) is 25.2. The van der Waals surface area contributed by atoms with Gasteiger partial charge in [-0.2, -0.15) is 0 Å². The Morgan fingerprint density at radius 1 is 1.07 bits per heavy atom. The Bertz CT molecular complexity index is 103. The second-order valence-electron chi connectivity index (χ2n) is 2.86. The number of carbonyl (C=O) groups is 1. The number of aliphatic carboxylic acids is 1. The molecule has 0 unspecified atom stereocenters. The summed E-state index contributed by atoms with van der Waals surface area (Å²) in [5.41, 5.74) is 0.